The fourth-order valence-corrected chi connectivity index (χ4v) is 5.52. The molecule has 7 nitrogen and oxygen atoms in total. The minimum Gasteiger partial charge on any atom is -0.326 e. The summed E-state index contributed by atoms with van der Waals surface area (Å²) in [7, 11) is -3.38. The second kappa shape index (κ2) is 7.68. The zero-order chi connectivity index (χ0) is 20.6. The molecule has 2 aromatic rings. The summed E-state index contributed by atoms with van der Waals surface area (Å²) < 4.78 is 25.7. The van der Waals surface area contributed by atoms with E-state index in [1.54, 1.807) is 23.1 Å². The number of nitrogens with one attached hydrogen (secondary N) is 1. The molecule has 0 unspecified atom stereocenters. The number of hydrogen-bond acceptors (Lipinski definition) is 4. The van der Waals surface area contributed by atoms with E-state index in [2.05, 4.69) is 5.32 Å². The Labute approximate surface area is 174 Å². The molecule has 2 aliphatic rings. The zero-order valence-corrected chi connectivity index (χ0v) is 17.1. The Morgan fingerprint density at radius 2 is 1.90 bits per heavy atom. The Bertz CT molecular complexity index is 1060. The van der Waals surface area contributed by atoms with Gasteiger partial charge < -0.3 is 10.2 Å². The molecule has 152 valence electrons. The summed E-state index contributed by atoms with van der Waals surface area (Å²) in [4.78, 5) is 26.7. The Balaban J connectivity index is 1.49. The predicted molar refractivity (Wildman–Crippen MR) is 113 cm³/mol. The number of carbonyl (C=O) groups excluding carboxylic acids is 2. The third-order valence-electron chi connectivity index (χ3n) is 5.15. The average Bonchev–Trinajstić information content (AvgIpc) is 3.26. The molecule has 4 rings (SSSR count). The summed E-state index contributed by atoms with van der Waals surface area (Å²) in [6.45, 7) is 0.665. The van der Waals surface area contributed by atoms with Gasteiger partial charge in [0.25, 0.3) is 0 Å². The van der Waals surface area contributed by atoms with Crippen molar-refractivity contribution >= 4 is 50.5 Å². The summed E-state index contributed by atoms with van der Waals surface area (Å²) in [6.07, 6.45) is 0.663. The maximum atomic E-state index is 12.7. The molecular formula is C20H20ClN3O4S. The lowest BCUT2D eigenvalue weighted by atomic mass is 10.1. The molecule has 2 amide bonds. The van der Waals surface area contributed by atoms with Crippen LogP contribution in [0, 0.1) is 5.92 Å². The highest BCUT2D eigenvalue weighted by atomic mass is 35.5. The van der Waals surface area contributed by atoms with Gasteiger partial charge in [0.2, 0.25) is 21.8 Å². The van der Waals surface area contributed by atoms with E-state index in [1.807, 2.05) is 30.3 Å². The van der Waals surface area contributed by atoms with Gasteiger partial charge in [0.1, 0.15) is 0 Å². The molecule has 0 spiro atoms. The van der Waals surface area contributed by atoms with Gasteiger partial charge in [-0.25, -0.2) is 8.42 Å². The van der Waals surface area contributed by atoms with Crippen molar-refractivity contribution in [2.45, 2.75) is 12.8 Å². The molecule has 0 radical (unpaired) electrons. The number of benzene rings is 2. The van der Waals surface area contributed by atoms with Crippen molar-refractivity contribution in [3.05, 3.63) is 53.6 Å². The predicted octanol–water partition coefficient (Wildman–Crippen LogP) is 2.87. The van der Waals surface area contributed by atoms with E-state index < -0.39 is 15.9 Å². The second-order valence-electron chi connectivity index (χ2n) is 7.14. The van der Waals surface area contributed by atoms with Crippen LogP contribution < -0.4 is 14.5 Å². The first-order valence-electron chi connectivity index (χ1n) is 9.31. The maximum Gasteiger partial charge on any atom is 0.235 e. The van der Waals surface area contributed by atoms with E-state index in [0.717, 1.165) is 5.69 Å². The van der Waals surface area contributed by atoms with Crippen LogP contribution in [0.4, 0.5) is 17.1 Å². The van der Waals surface area contributed by atoms with E-state index in [0.29, 0.717) is 35.9 Å². The largest absolute Gasteiger partial charge is 0.326 e. The van der Waals surface area contributed by atoms with E-state index in [1.165, 1.54) is 4.31 Å². The van der Waals surface area contributed by atoms with Crippen LogP contribution in [-0.2, 0) is 19.6 Å². The van der Waals surface area contributed by atoms with Crippen LogP contribution in [0.2, 0.25) is 5.02 Å². The first-order valence-corrected chi connectivity index (χ1v) is 11.3. The van der Waals surface area contributed by atoms with Crippen LogP contribution in [-0.4, -0.2) is 39.1 Å². The first-order chi connectivity index (χ1) is 13.8. The van der Waals surface area contributed by atoms with Gasteiger partial charge in [-0.15, -0.1) is 0 Å². The van der Waals surface area contributed by atoms with Gasteiger partial charge >= 0.3 is 0 Å². The number of rotatable bonds is 4. The average molecular weight is 434 g/mol. The monoisotopic (exact) mass is 433 g/mol. The van der Waals surface area contributed by atoms with Gasteiger partial charge in [-0.1, -0.05) is 29.8 Å². The smallest absolute Gasteiger partial charge is 0.235 e. The van der Waals surface area contributed by atoms with Crippen LogP contribution >= 0.6 is 11.6 Å². The van der Waals surface area contributed by atoms with Gasteiger partial charge in [-0.2, -0.15) is 0 Å². The molecule has 2 fully saturated rings. The Morgan fingerprint density at radius 3 is 2.59 bits per heavy atom. The number of anilines is 3. The highest BCUT2D eigenvalue weighted by molar-refractivity contribution is 7.93. The summed E-state index contributed by atoms with van der Waals surface area (Å²) in [6, 6.07) is 14.0. The van der Waals surface area contributed by atoms with Crippen LogP contribution in [0.25, 0.3) is 0 Å². The number of amides is 2. The molecule has 29 heavy (non-hydrogen) atoms. The lowest BCUT2D eigenvalue weighted by Gasteiger charge is -2.20. The van der Waals surface area contributed by atoms with Gasteiger partial charge in [-0.05, 0) is 36.8 Å². The number of carbonyl (C=O) groups is 2. The van der Waals surface area contributed by atoms with Crippen molar-refractivity contribution in [2.75, 3.05) is 33.4 Å². The van der Waals surface area contributed by atoms with Crippen molar-refractivity contribution < 1.29 is 18.0 Å². The molecule has 0 bridgehead atoms. The molecular weight excluding hydrogens is 414 g/mol. The molecule has 1 atom stereocenters. The summed E-state index contributed by atoms with van der Waals surface area (Å²) in [5.74, 6) is -0.789. The summed E-state index contributed by atoms with van der Waals surface area (Å²) in [5.41, 5.74) is 1.57. The molecule has 2 aromatic carbocycles. The van der Waals surface area contributed by atoms with Crippen LogP contribution in [0.1, 0.15) is 12.8 Å². The first kappa shape index (κ1) is 19.7. The Hall–Kier alpha value is -2.58. The standard InChI is InChI=1S/C20H20ClN3O4S/c21-17-8-7-15(12-18(17)24-9-4-10-29(24,27)28)22-20(26)14-11-19(25)23(13-14)16-5-2-1-3-6-16/h1-3,5-8,12,14H,4,9-11,13H2,(H,22,26)/t14-/m1/s1. The normalized spacial score (nSPS) is 20.9. The van der Waals surface area contributed by atoms with E-state index in [4.69, 9.17) is 11.6 Å². The lowest BCUT2D eigenvalue weighted by Crippen LogP contribution is -2.28. The lowest BCUT2D eigenvalue weighted by molar-refractivity contribution is -0.122. The fraction of sp³-hybridized carbons (Fsp3) is 0.300. The fourth-order valence-electron chi connectivity index (χ4n) is 3.68. The number of halogens is 1. The van der Waals surface area contributed by atoms with Crippen LogP contribution in [0.15, 0.2) is 48.5 Å². The van der Waals surface area contributed by atoms with Crippen molar-refractivity contribution in [3.8, 4) is 0 Å². The summed E-state index contributed by atoms with van der Waals surface area (Å²) in [5, 5.41) is 3.10. The number of para-hydroxylation sites is 1. The number of sulfonamides is 1. The van der Waals surface area contributed by atoms with Gasteiger partial charge in [-0.3, -0.25) is 13.9 Å². The highest BCUT2D eigenvalue weighted by Gasteiger charge is 2.35. The molecule has 2 heterocycles. The van der Waals surface area contributed by atoms with Crippen LogP contribution in [0.3, 0.4) is 0 Å². The highest BCUT2D eigenvalue weighted by Crippen LogP contribution is 2.34. The Kier molecular flexibility index (Phi) is 5.23. The molecule has 2 aliphatic heterocycles. The molecule has 0 aliphatic carbocycles. The van der Waals surface area contributed by atoms with E-state index >= 15 is 0 Å². The Morgan fingerprint density at radius 1 is 1.14 bits per heavy atom. The third kappa shape index (κ3) is 3.95. The molecule has 0 saturated carbocycles. The molecule has 0 aromatic heterocycles. The number of hydrogen-bond donors (Lipinski definition) is 1. The SMILES string of the molecule is O=C(Nc1ccc(Cl)c(N2CCCS2(=O)=O)c1)[C@@H]1CC(=O)N(c2ccccc2)C1. The van der Waals surface area contributed by atoms with Crippen molar-refractivity contribution in [2.24, 2.45) is 5.92 Å². The van der Waals surface area contributed by atoms with Gasteiger partial charge in [0.15, 0.2) is 0 Å². The summed E-state index contributed by atoms with van der Waals surface area (Å²) >= 11 is 6.20. The van der Waals surface area contributed by atoms with Crippen molar-refractivity contribution in [1.82, 2.24) is 0 Å². The quantitative estimate of drug-likeness (QED) is 0.803. The van der Waals surface area contributed by atoms with Crippen LogP contribution in [0.5, 0.6) is 0 Å². The minimum atomic E-state index is -3.38. The third-order valence-corrected chi connectivity index (χ3v) is 7.32. The zero-order valence-electron chi connectivity index (χ0n) is 15.5. The van der Waals surface area contributed by atoms with E-state index in [-0.39, 0.29) is 24.0 Å². The van der Waals surface area contributed by atoms with Crippen molar-refractivity contribution in [1.29, 1.82) is 0 Å². The molecule has 2 saturated heterocycles. The number of nitrogens with zero attached hydrogens (tertiary/aromatic N) is 2. The topological polar surface area (TPSA) is 86.8 Å². The van der Waals surface area contributed by atoms with Gasteiger partial charge in [0.05, 0.1) is 22.4 Å². The molecule has 1 N–H and O–H groups in total. The van der Waals surface area contributed by atoms with Gasteiger partial charge in [0, 0.05) is 30.9 Å². The maximum absolute atomic E-state index is 12.7. The van der Waals surface area contributed by atoms with Crippen molar-refractivity contribution in [3.63, 3.8) is 0 Å². The molecule has 9 heteroatoms. The second-order valence-corrected chi connectivity index (χ2v) is 9.56. The minimum absolute atomic E-state index is 0.0828. The van der Waals surface area contributed by atoms with E-state index in [9.17, 15) is 18.0 Å².